The van der Waals surface area contributed by atoms with Crippen LogP contribution in [-0.4, -0.2) is 23.3 Å². The second-order valence-electron chi connectivity index (χ2n) is 4.21. The van der Waals surface area contributed by atoms with Crippen LogP contribution in [0.1, 0.15) is 18.9 Å². The second kappa shape index (κ2) is 3.27. The van der Waals surface area contributed by atoms with Crippen LogP contribution in [0.5, 0.6) is 0 Å². The fraction of sp³-hybridized carbons (Fsp3) is 0.667. The van der Waals surface area contributed by atoms with Gasteiger partial charge < -0.3 is 9.84 Å². The molecule has 1 saturated heterocycles. The molecule has 0 aromatic carbocycles. The van der Waals surface area contributed by atoms with Gasteiger partial charge in [-0.3, -0.25) is 0 Å². The highest BCUT2D eigenvalue weighted by Gasteiger charge is 2.52. The smallest absolute Gasteiger partial charge is 0.146 e. The molecular formula is C9H12BrNO2S. The topological polar surface area (TPSA) is 42.4 Å². The molecule has 1 aromatic rings. The maximum Gasteiger partial charge on any atom is 0.146 e. The van der Waals surface area contributed by atoms with Crippen molar-refractivity contribution in [3.63, 3.8) is 0 Å². The van der Waals surface area contributed by atoms with Gasteiger partial charge in [-0.05, 0) is 15.9 Å². The third-order valence-electron chi connectivity index (χ3n) is 2.72. The number of hydrogen-bond acceptors (Lipinski definition) is 4. The Labute approximate surface area is 95.3 Å². The number of thiazole rings is 1. The molecule has 1 N–H and O–H groups in total. The predicted octanol–water partition coefficient (Wildman–Crippen LogP) is 2.15. The summed E-state index contributed by atoms with van der Waals surface area (Å²) >= 11 is 4.75. The molecule has 1 fully saturated rings. The quantitative estimate of drug-likeness (QED) is 0.856. The van der Waals surface area contributed by atoms with Crippen molar-refractivity contribution in [2.75, 3.05) is 13.2 Å². The van der Waals surface area contributed by atoms with Crippen molar-refractivity contribution in [2.45, 2.75) is 19.4 Å². The summed E-state index contributed by atoms with van der Waals surface area (Å²) in [5.74, 6) is 0. The molecule has 78 valence electrons. The van der Waals surface area contributed by atoms with E-state index in [4.69, 9.17) is 4.74 Å². The van der Waals surface area contributed by atoms with Crippen molar-refractivity contribution in [1.82, 2.24) is 4.98 Å². The van der Waals surface area contributed by atoms with Crippen molar-refractivity contribution in [3.8, 4) is 0 Å². The molecule has 0 saturated carbocycles. The number of aromatic nitrogens is 1. The lowest BCUT2D eigenvalue weighted by atomic mass is 9.78. The van der Waals surface area contributed by atoms with Gasteiger partial charge in [0.15, 0.2) is 0 Å². The molecule has 1 aliphatic rings. The van der Waals surface area contributed by atoms with E-state index in [9.17, 15) is 5.11 Å². The first-order valence-corrected chi connectivity index (χ1v) is 6.05. The summed E-state index contributed by atoms with van der Waals surface area (Å²) in [6.45, 7) is 4.89. The lowest BCUT2D eigenvalue weighted by Crippen LogP contribution is -2.40. The Hall–Kier alpha value is 0.0300. The number of hydrogen-bond donors (Lipinski definition) is 1. The van der Waals surface area contributed by atoms with E-state index in [2.05, 4.69) is 20.9 Å². The summed E-state index contributed by atoms with van der Waals surface area (Å²) in [4.78, 5) is 4.27. The summed E-state index contributed by atoms with van der Waals surface area (Å²) in [7, 11) is 0. The molecular weight excluding hydrogens is 266 g/mol. The fourth-order valence-corrected chi connectivity index (χ4v) is 3.08. The molecule has 1 atom stereocenters. The molecule has 14 heavy (non-hydrogen) atoms. The van der Waals surface area contributed by atoms with Gasteiger partial charge in [-0.1, -0.05) is 13.8 Å². The number of aliphatic hydroxyl groups is 1. The Morgan fingerprint density at radius 2 is 2.29 bits per heavy atom. The third-order valence-corrected chi connectivity index (χ3v) is 4.43. The van der Waals surface area contributed by atoms with Gasteiger partial charge in [0.25, 0.3) is 0 Å². The Morgan fingerprint density at radius 3 is 2.71 bits per heavy atom. The third kappa shape index (κ3) is 1.43. The first-order valence-electron chi connectivity index (χ1n) is 4.37. The molecule has 2 rings (SSSR count). The second-order valence-corrected chi connectivity index (χ2v) is 5.88. The number of rotatable bonds is 1. The largest absolute Gasteiger partial charge is 0.380 e. The first kappa shape index (κ1) is 10.5. The van der Waals surface area contributed by atoms with E-state index in [1.807, 2.05) is 19.2 Å². The van der Waals surface area contributed by atoms with Crippen LogP contribution >= 0.6 is 27.3 Å². The van der Waals surface area contributed by atoms with Crippen LogP contribution in [0.4, 0.5) is 0 Å². The minimum Gasteiger partial charge on any atom is -0.380 e. The Balaban J connectivity index is 2.41. The zero-order valence-corrected chi connectivity index (χ0v) is 10.5. The number of nitrogens with zero attached hydrogens (tertiary/aromatic N) is 1. The summed E-state index contributed by atoms with van der Waals surface area (Å²) in [5, 5.41) is 13.1. The highest BCUT2D eigenvalue weighted by atomic mass is 79.9. The van der Waals surface area contributed by atoms with Gasteiger partial charge in [-0.15, -0.1) is 11.3 Å². The summed E-state index contributed by atoms with van der Waals surface area (Å²) < 4.78 is 6.11. The minimum absolute atomic E-state index is 0.274. The van der Waals surface area contributed by atoms with Crippen molar-refractivity contribution in [1.29, 1.82) is 0 Å². The molecule has 5 heteroatoms. The molecule has 1 unspecified atom stereocenters. The summed E-state index contributed by atoms with van der Waals surface area (Å²) in [6, 6.07) is 0. The Bertz CT molecular complexity index is 352. The van der Waals surface area contributed by atoms with E-state index >= 15 is 0 Å². The highest BCUT2D eigenvalue weighted by Crippen LogP contribution is 2.45. The summed E-state index contributed by atoms with van der Waals surface area (Å²) in [5.41, 5.74) is -1.21. The molecule has 1 aromatic heterocycles. The molecule has 0 amide bonds. The normalized spacial score (nSPS) is 30.9. The van der Waals surface area contributed by atoms with Gasteiger partial charge >= 0.3 is 0 Å². The number of halogens is 1. The molecule has 0 aliphatic carbocycles. The van der Waals surface area contributed by atoms with Gasteiger partial charge in [0, 0.05) is 10.8 Å². The molecule has 0 bridgehead atoms. The van der Waals surface area contributed by atoms with Gasteiger partial charge in [0.05, 0.1) is 13.2 Å². The van der Waals surface area contributed by atoms with Gasteiger partial charge in [0.2, 0.25) is 0 Å². The zero-order chi connectivity index (χ0) is 10.4. The SMILES string of the molecule is CC1(C)COCC1(O)c1nc(Br)cs1. The lowest BCUT2D eigenvalue weighted by molar-refractivity contribution is -0.0384. The van der Waals surface area contributed by atoms with Gasteiger partial charge in [-0.25, -0.2) is 4.98 Å². The van der Waals surface area contributed by atoms with Crippen molar-refractivity contribution < 1.29 is 9.84 Å². The molecule has 2 heterocycles. The minimum atomic E-state index is -0.941. The maximum atomic E-state index is 10.5. The predicted molar refractivity (Wildman–Crippen MR) is 58.3 cm³/mol. The average molecular weight is 278 g/mol. The van der Waals surface area contributed by atoms with E-state index < -0.39 is 5.60 Å². The van der Waals surface area contributed by atoms with E-state index in [0.717, 1.165) is 9.61 Å². The standard InChI is InChI=1S/C9H12BrNO2S/c1-8(2)4-13-5-9(8,12)7-11-6(10)3-14-7/h3,12H,4-5H2,1-2H3. The fourth-order valence-electron chi connectivity index (χ4n) is 1.56. The van der Waals surface area contributed by atoms with Crippen LogP contribution in [0.25, 0.3) is 0 Å². The molecule has 0 spiro atoms. The number of ether oxygens (including phenoxy) is 1. The van der Waals surface area contributed by atoms with Gasteiger partial charge in [0.1, 0.15) is 15.2 Å². The van der Waals surface area contributed by atoms with Crippen LogP contribution in [0.15, 0.2) is 9.98 Å². The van der Waals surface area contributed by atoms with E-state index in [0.29, 0.717) is 13.2 Å². The molecule has 3 nitrogen and oxygen atoms in total. The summed E-state index contributed by atoms with van der Waals surface area (Å²) in [6.07, 6.45) is 0. The zero-order valence-electron chi connectivity index (χ0n) is 8.08. The Kier molecular flexibility index (Phi) is 2.46. The van der Waals surface area contributed by atoms with Gasteiger partial charge in [-0.2, -0.15) is 0 Å². The van der Waals surface area contributed by atoms with Crippen LogP contribution in [-0.2, 0) is 10.3 Å². The van der Waals surface area contributed by atoms with Crippen LogP contribution < -0.4 is 0 Å². The van der Waals surface area contributed by atoms with Crippen molar-refractivity contribution >= 4 is 27.3 Å². The molecule has 1 aliphatic heterocycles. The average Bonchev–Trinajstić information content (AvgIpc) is 2.60. The van der Waals surface area contributed by atoms with E-state index in [1.165, 1.54) is 11.3 Å². The monoisotopic (exact) mass is 277 g/mol. The highest BCUT2D eigenvalue weighted by molar-refractivity contribution is 9.10. The van der Waals surface area contributed by atoms with E-state index in [1.54, 1.807) is 0 Å². The van der Waals surface area contributed by atoms with Crippen LogP contribution in [0, 0.1) is 5.41 Å². The lowest BCUT2D eigenvalue weighted by Gasteiger charge is -2.32. The van der Waals surface area contributed by atoms with Crippen LogP contribution in [0.3, 0.4) is 0 Å². The van der Waals surface area contributed by atoms with Crippen LogP contribution in [0.2, 0.25) is 0 Å². The Morgan fingerprint density at radius 1 is 1.57 bits per heavy atom. The van der Waals surface area contributed by atoms with Crippen molar-refractivity contribution in [3.05, 3.63) is 15.0 Å². The maximum absolute atomic E-state index is 10.5. The van der Waals surface area contributed by atoms with Crippen molar-refractivity contribution in [2.24, 2.45) is 5.41 Å². The first-order chi connectivity index (χ1) is 6.46. The van der Waals surface area contributed by atoms with E-state index in [-0.39, 0.29) is 5.41 Å². The molecule has 0 radical (unpaired) electrons.